The van der Waals surface area contributed by atoms with E-state index >= 15 is 0 Å². The molecule has 0 saturated heterocycles. The van der Waals surface area contributed by atoms with Gasteiger partial charge in [-0.25, -0.2) is 0 Å². The summed E-state index contributed by atoms with van der Waals surface area (Å²) in [5.74, 6) is 1.46. The van der Waals surface area contributed by atoms with Crippen molar-refractivity contribution in [3.05, 3.63) is 12.2 Å². The first-order valence-electron chi connectivity index (χ1n) is 7.64. The second-order valence-electron chi connectivity index (χ2n) is 8.13. The molecule has 0 aromatic carbocycles. The van der Waals surface area contributed by atoms with Crippen LogP contribution in [0.15, 0.2) is 12.2 Å². The van der Waals surface area contributed by atoms with Gasteiger partial charge < -0.3 is 5.11 Å². The Kier molecular flexibility index (Phi) is 2.54. The molecular weight excluding hydrogens is 236 g/mol. The van der Waals surface area contributed by atoms with Gasteiger partial charge in [0.2, 0.25) is 0 Å². The van der Waals surface area contributed by atoms with Crippen molar-refractivity contribution in [1.29, 1.82) is 0 Å². The van der Waals surface area contributed by atoms with E-state index in [-0.39, 0.29) is 17.3 Å². The number of aliphatic carboxylic acids is 1. The Morgan fingerprint density at radius 3 is 2.68 bits per heavy atom. The van der Waals surface area contributed by atoms with Crippen LogP contribution in [0.2, 0.25) is 0 Å². The lowest BCUT2D eigenvalue weighted by molar-refractivity contribution is -0.141. The van der Waals surface area contributed by atoms with Crippen LogP contribution in [0.1, 0.15) is 53.4 Å². The van der Waals surface area contributed by atoms with Crippen LogP contribution in [0.4, 0.5) is 0 Å². The molecule has 1 spiro atoms. The lowest BCUT2D eigenvalue weighted by Gasteiger charge is -2.47. The second-order valence-corrected chi connectivity index (χ2v) is 8.13. The maximum Gasteiger partial charge on any atom is 0.304 e. The van der Waals surface area contributed by atoms with Crippen molar-refractivity contribution in [2.45, 2.75) is 53.4 Å². The van der Waals surface area contributed by atoms with Crippen LogP contribution >= 0.6 is 0 Å². The molecule has 0 amide bonds. The Balaban J connectivity index is 2.05. The van der Waals surface area contributed by atoms with E-state index in [9.17, 15) is 9.90 Å². The average Bonchev–Trinajstić information content (AvgIpc) is 2.65. The van der Waals surface area contributed by atoms with Crippen molar-refractivity contribution in [1.82, 2.24) is 0 Å². The smallest absolute Gasteiger partial charge is 0.304 e. The number of fused-ring (bicyclic) bond motifs is 1. The van der Waals surface area contributed by atoms with E-state index in [1.807, 2.05) is 0 Å². The molecule has 2 heteroatoms. The molecule has 2 bridgehead atoms. The van der Waals surface area contributed by atoms with E-state index in [1.54, 1.807) is 0 Å². The molecule has 106 valence electrons. The first kappa shape index (κ1) is 13.2. The van der Waals surface area contributed by atoms with Gasteiger partial charge >= 0.3 is 5.97 Å². The number of hydrogen-bond acceptors (Lipinski definition) is 1. The van der Waals surface area contributed by atoms with Gasteiger partial charge in [0.1, 0.15) is 0 Å². The lowest BCUT2D eigenvalue weighted by atomic mass is 9.56. The molecule has 2 fully saturated rings. The minimum Gasteiger partial charge on any atom is -0.481 e. The van der Waals surface area contributed by atoms with Gasteiger partial charge in [0.15, 0.2) is 0 Å². The molecule has 1 N–H and O–H groups in total. The first-order chi connectivity index (χ1) is 8.73. The van der Waals surface area contributed by atoms with Gasteiger partial charge in [-0.1, -0.05) is 39.8 Å². The summed E-state index contributed by atoms with van der Waals surface area (Å²) in [7, 11) is 0. The molecule has 3 rings (SSSR count). The highest BCUT2D eigenvalue weighted by molar-refractivity contribution is 5.68. The standard InChI is InChI=1S/C17H26O2/c1-11-5-8-17-9-12(11)15(2,3)13(17)6-7-16(17,4)10-14(18)19/h6-7,11-13H,5,8-10H2,1-4H3,(H,18,19)/t11-,12+,13+,16-,17-/m1/s1. The monoisotopic (exact) mass is 262 g/mol. The summed E-state index contributed by atoms with van der Waals surface area (Å²) in [4.78, 5) is 11.3. The molecule has 2 saturated carbocycles. The van der Waals surface area contributed by atoms with E-state index in [2.05, 4.69) is 39.8 Å². The van der Waals surface area contributed by atoms with Crippen LogP contribution in [0.5, 0.6) is 0 Å². The molecular formula is C17H26O2. The fraction of sp³-hybridized carbons (Fsp3) is 0.824. The highest BCUT2D eigenvalue weighted by Gasteiger charge is 2.67. The third kappa shape index (κ3) is 1.46. The zero-order valence-corrected chi connectivity index (χ0v) is 12.6. The first-order valence-corrected chi connectivity index (χ1v) is 7.64. The molecule has 0 heterocycles. The summed E-state index contributed by atoms with van der Waals surface area (Å²) in [6.45, 7) is 9.39. The highest BCUT2D eigenvalue weighted by Crippen LogP contribution is 2.74. The van der Waals surface area contributed by atoms with Crippen LogP contribution in [-0.4, -0.2) is 11.1 Å². The van der Waals surface area contributed by atoms with Gasteiger partial charge in [-0.2, -0.15) is 0 Å². The summed E-state index contributed by atoms with van der Waals surface area (Å²) in [6.07, 6.45) is 8.58. The third-order valence-corrected chi connectivity index (χ3v) is 6.98. The van der Waals surface area contributed by atoms with Gasteiger partial charge in [-0.15, -0.1) is 0 Å². The second kappa shape index (κ2) is 3.65. The quantitative estimate of drug-likeness (QED) is 0.760. The molecule has 0 aromatic rings. The summed E-state index contributed by atoms with van der Waals surface area (Å²) in [5, 5.41) is 9.30. The van der Waals surface area contributed by atoms with Crippen LogP contribution < -0.4 is 0 Å². The van der Waals surface area contributed by atoms with E-state index in [1.165, 1.54) is 19.3 Å². The summed E-state index contributed by atoms with van der Waals surface area (Å²) in [5.41, 5.74) is 0.393. The highest BCUT2D eigenvalue weighted by atomic mass is 16.4. The molecule has 0 radical (unpaired) electrons. The van der Waals surface area contributed by atoms with E-state index in [4.69, 9.17) is 0 Å². The minimum absolute atomic E-state index is 0.143. The number of hydrogen-bond donors (Lipinski definition) is 1. The van der Waals surface area contributed by atoms with Crippen molar-refractivity contribution >= 4 is 5.97 Å². The summed E-state index contributed by atoms with van der Waals surface area (Å²) in [6, 6.07) is 0. The van der Waals surface area contributed by atoms with E-state index in [0.717, 1.165) is 11.8 Å². The van der Waals surface area contributed by atoms with E-state index in [0.29, 0.717) is 11.3 Å². The molecule has 0 aliphatic heterocycles. The number of allylic oxidation sites excluding steroid dienone is 2. The summed E-state index contributed by atoms with van der Waals surface area (Å²) < 4.78 is 0. The normalized spacial score (nSPS) is 50.2. The Bertz CT molecular complexity index is 450. The molecule has 5 atom stereocenters. The third-order valence-electron chi connectivity index (χ3n) is 6.98. The fourth-order valence-electron chi connectivity index (χ4n) is 5.93. The number of rotatable bonds is 2. The summed E-state index contributed by atoms with van der Waals surface area (Å²) >= 11 is 0. The van der Waals surface area contributed by atoms with Crippen molar-refractivity contribution in [3.63, 3.8) is 0 Å². The molecule has 3 aliphatic rings. The minimum atomic E-state index is -0.651. The van der Waals surface area contributed by atoms with Crippen LogP contribution in [-0.2, 0) is 4.79 Å². The maximum atomic E-state index is 11.3. The maximum absolute atomic E-state index is 11.3. The largest absolute Gasteiger partial charge is 0.481 e. The Labute approximate surface area is 116 Å². The average molecular weight is 262 g/mol. The molecule has 0 unspecified atom stereocenters. The number of carbonyl (C=O) groups is 1. The van der Waals surface area contributed by atoms with Gasteiger partial charge in [-0.05, 0) is 47.8 Å². The zero-order chi connectivity index (χ0) is 14.1. The molecule has 19 heavy (non-hydrogen) atoms. The topological polar surface area (TPSA) is 37.3 Å². The predicted octanol–water partition coefficient (Wildman–Crippen LogP) is 4.12. The van der Waals surface area contributed by atoms with Gasteiger partial charge in [0, 0.05) is 5.41 Å². The van der Waals surface area contributed by atoms with Crippen LogP contribution in [0.3, 0.4) is 0 Å². The Hall–Kier alpha value is -0.790. The van der Waals surface area contributed by atoms with Crippen LogP contribution in [0.25, 0.3) is 0 Å². The van der Waals surface area contributed by atoms with Crippen molar-refractivity contribution in [2.75, 3.05) is 0 Å². The Morgan fingerprint density at radius 2 is 2.05 bits per heavy atom. The van der Waals surface area contributed by atoms with Crippen molar-refractivity contribution < 1.29 is 9.90 Å². The predicted molar refractivity (Wildman–Crippen MR) is 75.7 cm³/mol. The number of carboxylic acids is 1. The fourth-order valence-corrected chi connectivity index (χ4v) is 5.93. The Morgan fingerprint density at radius 1 is 1.37 bits per heavy atom. The van der Waals surface area contributed by atoms with E-state index < -0.39 is 5.97 Å². The zero-order valence-electron chi connectivity index (χ0n) is 12.6. The van der Waals surface area contributed by atoms with Crippen molar-refractivity contribution in [3.8, 4) is 0 Å². The van der Waals surface area contributed by atoms with Crippen molar-refractivity contribution in [2.24, 2.45) is 34.0 Å². The van der Waals surface area contributed by atoms with Gasteiger partial charge in [0.25, 0.3) is 0 Å². The molecule has 2 nitrogen and oxygen atoms in total. The number of carboxylic acid groups (broad SMARTS) is 1. The molecule has 0 aromatic heterocycles. The van der Waals surface area contributed by atoms with Crippen LogP contribution in [0, 0.1) is 34.0 Å². The van der Waals surface area contributed by atoms with Gasteiger partial charge in [0.05, 0.1) is 6.42 Å². The van der Waals surface area contributed by atoms with Gasteiger partial charge in [-0.3, -0.25) is 4.79 Å². The molecule has 3 aliphatic carbocycles. The SMILES string of the molecule is C[C@@H]1CC[C@@]23C[C@@H]1C(C)(C)[C@@H]2C=C[C@]3(C)CC(=O)O. The lowest BCUT2D eigenvalue weighted by Crippen LogP contribution is -2.41.